The maximum atomic E-state index is 12.9. The number of Topliss-reactive ketones (excluding diaryl/α,β-unsaturated/α-hetero) is 3. The minimum absolute atomic E-state index is 0.120. The lowest BCUT2D eigenvalue weighted by Gasteiger charge is -2.39. The second-order valence-electron chi connectivity index (χ2n) is 48.1. The molecule has 8 heterocycles. The molecule has 13 nitrogen and oxygen atoms in total. The van der Waals surface area contributed by atoms with E-state index in [0.717, 1.165) is 57.8 Å². The Morgan fingerprint density at radius 2 is 0.717 bits per heavy atom. The van der Waals surface area contributed by atoms with Gasteiger partial charge in [-0.1, -0.05) is 260 Å². The molecule has 17 heteroatoms. The summed E-state index contributed by atoms with van der Waals surface area (Å²) in [5, 5.41) is 0. The third kappa shape index (κ3) is 41.8. The van der Waals surface area contributed by atoms with Crippen molar-refractivity contribution in [2.75, 3.05) is 147 Å². The van der Waals surface area contributed by atoms with Crippen molar-refractivity contribution >= 4 is 66.9 Å². The van der Waals surface area contributed by atoms with Gasteiger partial charge < -0.3 is 44.6 Å². The number of ether oxygens (including phenoxy) is 2. The molecule has 0 aromatic heterocycles. The summed E-state index contributed by atoms with van der Waals surface area (Å²) in [6, 6.07) is 63.8. The van der Waals surface area contributed by atoms with Gasteiger partial charge in [0.1, 0.15) is 51.9 Å². The summed E-state index contributed by atoms with van der Waals surface area (Å²) in [5.41, 5.74) is 16.3. The highest BCUT2D eigenvalue weighted by atomic mass is 32.2. The van der Waals surface area contributed by atoms with E-state index >= 15 is 0 Å². The van der Waals surface area contributed by atoms with E-state index in [1.165, 1.54) is 335 Å². The van der Waals surface area contributed by atoms with Crippen molar-refractivity contribution in [1.82, 2.24) is 29.4 Å². The number of methoxy groups -OCH3 is 1. The number of aryl methyl sites for hydroxylation is 1. The molecule has 804 valence electrons. The third-order valence-electron chi connectivity index (χ3n) is 31.1. The van der Waals surface area contributed by atoms with Gasteiger partial charge in [-0.15, -0.1) is 0 Å². The third-order valence-corrected chi connectivity index (χ3v) is 42.2. The number of nitrogens with zero attached hydrogens (tertiary/aromatic N) is 6. The first-order valence-electron chi connectivity index (χ1n) is 56.8. The van der Waals surface area contributed by atoms with E-state index < -0.39 is 11.6 Å². The minimum Gasteiger partial charge on any atom is -0.497 e. The van der Waals surface area contributed by atoms with Crippen LogP contribution in [0.25, 0.3) is 0 Å². The molecule has 2 N–H and O–H groups in total. The SMILES string of the molecule is CC(C)(C(=O)c1ccc(C2CCCCC2)cc1)[S+]1CCCC1.CC(C)(C)c1ccc([S+](c2ccc(C(C)(C)C)cc2)c2ccc(C(C)(C)C)cc2)cc1.CCCC[S+](CCCC)CC(=O)c1ccccc1.CN1CCC(N2CCCCC2)CC1.CN1CCC(N2CCCCC2)CC1.CN1CCC(N2CCCCC2)CC1.COc1ccc(CC(N)C(=O)OC(C)(C)C)cc1.Cc1ccc(C(=O)C(C)(C)[S+]2CCCC2)cc1. The first-order valence-corrected chi connectivity index (χ1v) is 62.9. The maximum Gasteiger partial charge on any atom is 0.323 e. The highest BCUT2D eigenvalue weighted by Crippen LogP contribution is 2.40. The number of carbonyl (C=O) groups excluding carboxylic acids is 4. The Bertz CT molecular complexity index is 4540. The van der Waals surface area contributed by atoms with Gasteiger partial charge in [-0.05, 0) is 399 Å². The largest absolute Gasteiger partial charge is 0.497 e. The number of piperidine rings is 6. The van der Waals surface area contributed by atoms with Gasteiger partial charge in [0.2, 0.25) is 17.3 Å². The van der Waals surface area contributed by atoms with Crippen molar-refractivity contribution in [3.8, 4) is 5.75 Å². The Labute approximate surface area is 896 Å². The Morgan fingerprint density at radius 1 is 0.386 bits per heavy atom. The molecule has 0 amide bonds. The first kappa shape index (κ1) is 122. The van der Waals surface area contributed by atoms with Gasteiger partial charge in [-0.25, -0.2) is 0 Å². The lowest BCUT2D eigenvalue weighted by Crippen LogP contribution is -2.45. The fraction of sp³-hybridized carbons (Fsp3) is 0.641. The summed E-state index contributed by atoms with van der Waals surface area (Å²) in [6.07, 6.45) is 38.8. The predicted octanol–water partition coefficient (Wildman–Crippen LogP) is 27.8. The van der Waals surface area contributed by atoms with Crippen LogP contribution in [0.3, 0.4) is 0 Å². The molecule has 1 atom stereocenters. The van der Waals surface area contributed by atoms with E-state index in [1.807, 2.05) is 99.6 Å². The summed E-state index contributed by atoms with van der Waals surface area (Å²) in [5.74, 6) is 10.3. The van der Waals surface area contributed by atoms with E-state index in [4.69, 9.17) is 15.2 Å². The Balaban J connectivity index is 0.000000188. The average Bonchev–Trinajstić information content (AvgIpc) is 1.80. The van der Waals surface area contributed by atoms with Crippen LogP contribution in [0.5, 0.6) is 5.75 Å². The van der Waals surface area contributed by atoms with E-state index in [0.29, 0.717) is 34.7 Å². The van der Waals surface area contributed by atoms with Crippen LogP contribution in [0.15, 0.2) is 191 Å². The molecular formula is C128H201N7O6S4+4. The van der Waals surface area contributed by atoms with Gasteiger partial charge in [0, 0.05) is 56.6 Å². The zero-order chi connectivity index (χ0) is 105. The molecule has 0 spiro atoms. The van der Waals surface area contributed by atoms with Gasteiger partial charge in [0.15, 0.2) is 29.9 Å². The summed E-state index contributed by atoms with van der Waals surface area (Å²) in [6.45, 7) is 57.1. The second-order valence-corrected chi connectivity index (χ2v) is 58.1. The quantitative estimate of drug-likeness (QED) is 0.0314. The number of nitrogens with two attached hydrogens (primary N) is 1. The summed E-state index contributed by atoms with van der Waals surface area (Å²) < 4.78 is 9.94. The molecule has 8 saturated heterocycles. The fourth-order valence-electron chi connectivity index (χ4n) is 21.3. The lowest BCUT2D eigenvalue weighted by atomic mass is 9.83. The Kier molecular flexibility index (Phi) is 52.0. The average molecular weight is 2060 g/mol. The molecule has 1 unspecified atom stereocenters. The van der Waals surface area contributed by atoms with E-state index in [9.17, 15) is 19.2 Å². The number of esters is 1. The molecule has 8 aliphatic heterocycles. The molecular weight excluding hydrogens is 1860 g/mol. The molecule has 7 aromatic rings. The number of benzene rings is 7. The highest BCUT2D eigenvalue weighted by molar-refractivity contribution is 7.99. The number of hydrogen-bond donors (Lipinski definition) is 1. The molecule has 0 radical (unpaired) electrons. The minimum atomic E-state index is -0.641. The van der Waals surface area contributed by atoms with Crippen LogP contribution in [0.4, 0.5) is 0 Å². The molecule has 16 rings (SSSR count). The number of rotatable bonds is 26. The van der Waals surface area contributed by atoms with E-state index in [2.05, 4.69) is 258 Å². The van der Waals surface area contributed by atoms with Crippen LogP contribution in [0.1, 0.15) is 375 Å². The molecule has 1 aliphatic carbocycles. The second kappa shape index (κ2) is 61.6. The van der Waals surface area contributed by atoms with Gasteiger partial charge in [0.25, 0.3) is 0 Å². The van der Waals surface area contributed by atoms with Crippen molar-refractivity contribution in [1.29, 1.82) is 0 Å². The van der Waals surface area contributed by atoms with Crippen LogP contribution in [0.2, 0.25) is 0 Å². The molecule has 9 aliphatic rings. The van der Waals surface area contributed by atoms with E-state index in [-0.39, 0.29) is 64.4 Å². The Hall–Kier alpha value is -6.06. The number of unbranched alkanes of at least 4 members (excludes halogenated alkanes) is 2. The van der Waals surface area contributed by atoms with Crippen LogP contribution in [-0.2, 0) is 75.8 Å². The van der Waals surface area contributed by atoms with Crippen molar-refractivity contribution in [3.63, 3.8) is 0 Å². The normalized spacial score (nSPS) is 18.9. The van der Waals surface area contributed by atoms with Crippen molar-refractivity contribution in [3.05, 3.63) is 226 Å². The smallest absolute Gasteiger partial charge is 0.323 e. The lowest BCUT2D eigenvalue weighted by molar-refractivity contribution is -0.156. The van der Waals surface area contributed by atoms with Gasteiger partial charge >= 0.3 is 5.97 Å². The molecule has 7 aromatic carbocycles. The zero-order valence-electron chi connectivity index (χ0n) is 95.4. The maximum absolute atomic E-state index is 12.9. The zero-order valence-corrected chi connectivity index (χ0v) is 98.7. The first-order chi connectivity index (χ1) is 69.0. The van der Waals surface area contributed by atoms with Gasteiger partial charge in [-0.2, -0.15) is 0 Å². The summed E-state index contributed by atoms with van der Waals surface area (Å²) in [7, 11) is 9.07. The molecule has 0 bridgehead atoms. The predicted molar refractivity (Wildman–Crippen MR) is 631 cm³/mol. The number of hydrogen-bond acceptors (Lipinski definition) is 13. The van der Waals surface area contributed by atoms with Gasteiger partial charge in [0.05, 0.1) is 18.0 Å². The van der Waals surface area contributed by atoms with Crippen molar-refractivity contribution < 1.29 is 28.7 Å². The van der Waals surface area contributed by atoms with Crippen molar-refractivity contribution in [2.45, 2.75) is 394 Å². The Morgan fingerprint density at radius 3 is 1.03 bits per heavy atom. The summed E-state index contributed by atoms with van der Waals surface area (Å²) in [4.78, 5) is 69.1. The standard InChI is InChI=1S/C30H39S.C20H29OS.C16H25OS.C15H21OS.C14H21NO3.3C11H22N2/c1-28(2,3)22-10-16-25(17-11-22)31(26-18-12-23(13-19-26)29(4,5)6)27-20-14-24(15-21-27)30(7,8)9;1-20(2,22-14-6-7-15-22)19(21)18-12-10-17(11-13-18)16-8-4-3-5-9-16;1-3-5-12-18(13-6-4-2)14-16(17)15-10-8-7-9-11-15;1-12-6-8-13(9-7-12)14(16)15(2,3)17-10-4-5-11-17;1-14(2,3)18-13(16)12(15)9-10-5-7-11(17-4)8-6-10;3*1-12-9-5-11(6-10-12)13-7-3-2-4-8-13/h10-21H,1-9H3;10-13,16H,3-9,14-15H2,1-2H3;7-11H,3-6,12-14H2,1-2H3;6-9H,4-5,10-11H2,1-3H3;5-8,12H,9,15H2,1-4H3;3*11H,2-10H2,1H3/q4*+1;;;;. The van der Waals surface area contributed by atoms with Crippen LogP contribution in [0, 0.1) is 6.92 Å². The monoisotopic (exact) mass is 2060 g/mol. The van der Waals surface area contributed by atoms with Crippen LogP contribution < -0.4 is 10.5 Å². The van der Waals surface area contributed by atoms with Crippen LogP contribution >= 0.6 is 0 Å². The number of ketones is 3. The van der Waals surface area contributed by atoms with Gasteiger partial charge in [-0.3, -0.25) is 19.2 Å². The van der Waals surface area contributed by atoms with E-state index in [1.54, 1.807) is 7.11 Å². The topological polar surface area (TPSA) is 132 Å². The molecule has 145 heavy (non-hydrogen) atoms. The summed E-state index contributed by atoms with van der Waals surface area (Å²) >= 11 is 0. The fourth-order valence-corrected chi connectivity index (χ4v) is 31.1. The molecule has 9 fully saturated rings. The van der Waals surface area contributed by atoms with Crippen molar-refractivity contribution in [2.24, 2.45) is 5.73 Å². The number of likely N-dealkylation sites (tertiary alicyclic amines) is 6. The number of carbonyl (C=O) groups is 4. The van der Waals surface area contributed by atoms with Crippen LogP contribution in [-0.4, -0.2) is 239 Å². The highest BCUT2D eigenvalue weighted by Gasteiger charge is 2.49. The molecule has 1 saturated carbocycles.